The first kappa shape index (κ1) is 11.8. The van der Waals surface area contributed by atoms with Crippen molar-refractivity contribution in [3.8, 4) is 11.8 Å². The van der Waals surface area contributed by atoms with Crippen molar-refractivity contribution < 1.29 is 9.15 Å². The van der Waals surface area contributed by atoms with Crippen LogP contribution in [0.25, 0.3) is 11.0 Å². The van der Waals surface area contributed by atoms with Gasteiger partial charge in [0.2, 0.25) is 5.76 Å². The van der Waals surface area contributed by atoms with Gasteiger partial charge in [0.15, 0.2) is 5.75 Å². The number of furan rings is 1. The molecular formula is C17H17NO2. The van der Waals surface area contributed by atoms with E-state index in [2.05, 4.69) is 6.07 Å². The Hall–Kier alpha value is -1.95. The van der Waals surface area contributed by atoms with Gasteiger partial charge in [-0.1, -0.05) is 18.6 Å². The lowest BCUT2D eigenvalue weighted by atomic mass is 9.89. The fourth-order valence-electron chi connectivity index (χ4n) is 4.01. The zero-order valence-electron chi connectivity index (χ0n) is 11.3. The van der Waals surface area contributed by atoms with Crippen LogP contribution in [0.2, 0.25) is 0 Å². The minimum absolute atomic E-state index is 0.300. The monoisotopic (exact) mass is 267 g/mol. The maximum Gasteiger partial charge on any atom is 0.246 e. The van der Waals surface area contributed by atoms with E-state index < -0.39 is 0 Å². The van der Waals surface area contributed by atoms with Gasteiger partial charge in [-0.15, -0.1) is 0 Å². The molecule has 2 aliphatic carbocycles. The fourth-order valence-corrected chi connectivity index (χ4v) is 4.01. The maximum atomic E-state index is 9.19. The molecule has 0 N–H and O–H groups in total. The van der Waals surface area contributed by atoms with Gasteiger partial charge in [-0.05, 0) is 49.1 Å². The Labute approximate surface area is 118 Å². The van der Waals surface area contributed by atoms with E-state index in [1.165, 1.54) is 25.7 Å². The van der Waals surface area contributed by atoms with Crippen LogP contribution in [0.15, 0.2) is 28.7 Å². The number of nitriles is 1. The molecule has 0 spiro atoms. The van der Waals surface area contributed by atoms with Crippen LogP contribution >= 0.6 is 0 Å². The molecule has 20 heavy (non-hydrogen) atoms. The second-order valence-electron chi connectivity index (χ2n) is 6.11. The van der Waals surface area contributed by atoms with Gasteiger partial charge in [-0.25, -0.2) is 0 Å². The smallest absolute Gasteiger partial charge is 0.246 e. The van der Waals surface area contributed by atoms with Gasteiger partial charge in [-0.2, -0.15) is 5.26 Å². The van der Waals surface area contributed by atoms with Crippen molar-refractivity contribution in [2.24, 2.45) is 17.8 Å². The zero-order valence-corrected chi connectivity index (χ0v) is 11.3. The summed E-state index contributed by atoms with van der Waals surface area (Å²) in [5.41, 5.74) is 0.729. The zero-order chi connectivity index (χ0) is 13.5. The first-order valence-electron chi connectivity index (χ1n) is 7.39. The first-order valence-corrected chi connectivity index (χ1v) is 7.39. The normalized spacial score (nSPS) is 27.9. The molecule has 2 bridgehead atoms. The highest BCUT2D eigenvalue weighted by atomic mass is 16.5. The molecule has 3 nitrogen and oxygen atoms in total. The van der Waals surface area contributed by atoms with Gasteiger partial charge in [0, 0.05) is 0 Å². The average molecular weight is 267 g/mol. The van der Waals surface area contributed by atoms with Crippen molar-refractivity contribution in [3.05, 3.63) is 30.0 Å². The summed E-state index contributed by atoms with van der Waals surface area (Å²) >= 11 is 0. The van der Waals surface area contributed by atoms with Crippen LogP contribution in [-0.4, -0.2) is 6.61 Å². The highest BCUT2D eigenvalue weighted by Gasteiger charge is 2.39. The summed E-state index contributed by atoms with van der Waals surface area (Å²) in [5, 5.41) is 10.1. The topological polar surface area (TPSA) is 46.2 Å². The van der Waals surface area contributed by atoms with E-state index in [1.807, 2.05) is 24.3 Å². The van der Waals surface area contributed by atoms with E-state index in [0.717, 1.165) is 29.4 Å². The summed E-state index contributed by atoms with van der Waals surface area (Å²) in [5.74, 6) is 3.35. The van der Waals surface area contributed by atoms with E-state index in [4.69, 9.17) is 9.15 Å². The lowest BCUT2D eigenvalue weighted by Crippen LogP contribution is -2.18. The summed E-state index contributed by atoms with van der Waals surface area (Å²) in [7, 11) is 0. The Morgan fingerprint density at radius 2 is 2.15 bits per heavy atom. The number of fused-ring (bicyclic) bond motifs is 3. The molecule has 1 aromatic carbocycles. The molecule has 0 amide bonds. The van der Waals surface area contributed by atoms with Crippen LogP contribution in [0.4, 0.5) is 0 Å². The number of ether oxygens (including phenoxy) is 1. The maximum absolute atomic E-state index is 9.19. The van der Waals surface area contributed by atoms with Crippen LogP contribution < -0.4 is 4.74 Å². The molecule has 4 rings (SSSR count). The number of rotatable bonds is 3. The van der Waals surface area contributed by atoms with Gasteiger partial charge in [0.1, 0.15) is 11.7 Å². The van der Waals surface area contributed by atoms with Gasteiger partial charge >= 0.3 is 0 Å². The van der Waals surface area contributed by atoms with Crippen LogP contribution in [-0.2, 0) is 0 Å². The van der Waals surface area contributed by atoms with Crippen LogP contribution in [0.3, 0.4) is 0 Å². The van der Waals surface area contributed by atoms with Crippen molar-refractivity contribution in [1.29, 1.82) is 5.26 Å². The number of para-hydroxylation sites is 1. The Balaban J connectivity index is 1.58. The number of hydrogen-bond acceptors (Lipinski definition) is 3. The molecule has 0 aliphatic heterocycles. The SMILES string of the molecule is N#Cc1oc2ccccc2c1OCC1CC2CCC1C2. The molecule has 1 aromatic heterocycles. The van der Waals surface area contributed by atoms with E-state index in [0.29, 0.717) is 17.4 Å². The summed E-state index contributed by atoms with van der Waals surface area (Å²) in [6, 6.07) is 9.79. The summed E-state index contributed by atoms with van der Waals surface area (Å²) < 4.78 is 11.5. The molecule has 2 fully saturated rings. The Bertz CT molecular complexity index is 682. The predicted octanol–water partition coefficient (Wildman–Crippen LogP) is 4.12. The van der Waals surface area contributed by atoms with Crippen molar-refractivity contribution in [2.45, 2.75) is 25.7 Å². The fraction of sp³-hybridized carbons (Fsp3) is 0.471. The average Bonchev–Trinajstić information content (AvgIpc) is 3.18. The van der Waals surface area contributed by atoms with E-state index in [9.17, 15) is 5.26 Å². The lowest BCUT2D eigenvalue weighted by molar-refractivity contribution is 0.195. The molecule has 2 aliphatic rings. The largest absolute Gasteiger partial charge is 0.488 e. The number of benzene rings is 1. The van der Waals surface area contributed by atoms with Crippen molar-refractivity contribution in [2.75, 3.05) is 6.61 Å². The summed E-state index contributed by atoms with van der Waals surface area (Å²) in [6.07, 6.45) is 5.43. The van der Waals surface area contributed by atoms with E-state index in [-0.39, 0.29) is 0 Å². The minimum Gasteiger partial charge on any atom is -0.488 e. The van der Waals surface area contributed by atoms with Crippen LogP contribution in [0.5, 0.6) is 5.75 Å². The molecule has 3 heteroatoms. The predicted molar refractivity (Wildman–Crippen MR) is 75.4 cm³/mol. The van der Waals surface area contributed by atoms with Gasteiger partial charge < -0.3 is 9.15 Å². The van der Waals surface area contributed by atoms with Gasteiger partial charge in [-0.3, -0.25) is 0 Å². The first-order chi connectivity index (χ1) is 9.85. The highest BCUT2D eigenvalue weighted by molar-refractivity contribution is 5.86. The van der Waals surface area contributed by atoms with Crippen molar-refractivity contribution in [3.63, 3.8) is 0 Å². The quantitative estimate of drug-likeness (QED) is 0.840. The molecule has 3 atom stereocenters. The molecule has 3 unspecified atom stereocenters. The number of hydrogen-bond donors (Lipinski definition) is 0. The minimum atomic E-state index is 0.300. The second-order valence-corrected chi connectivity index (χ2v) is 6.11. The molecule has 102 valence electrons. The third-order valence-electron chi connectivity index (χ3n) is 4.98. The van der Waals surface area contributed by atoms with E-state index in [1.54, 1.807) is 0 Å². The third-order valence-corrected chi connectivity index (χ3v) is 4.98. The van der Waals surface area contributed by atoms with Gasteiger partial charge in [0.25, 0.3) is 0 Å². The van der Waals surface area contributed by atoms with Crippen molar-refractivity contribution in [1.82, 2.24) is 0 Å². The molecule has 0 radical (unpaired) electrons. The third kappa shape index (κ3) is 1.79. The molecule has 0 saturated heterocycles. The molecule has 2 aromatic rings. The Morgan fingerprint density at radius 3 is 2.90 bits per heavy atom. The van der Waals surface area contributed by atoms with Gasteiger partial charge in [0.05, 0.1) is 12.0 Å². The van der Waals surface area contributed by atoms with Crippen molar-refractivity contribution >= 4 is 11.0 Å². The summed E-state index contributed by atoms with van der Waals surface area (Å²) in [4.78, 5) is 0. The standard InChI is InChI=1S/C17H17NO2/c18-9-16-17(14-3-1-2-4-15(14)20-16)19-10-13-8-11-5-6-12(13)7-11/h1-4,11-13H,5-8,10H2. The summed E-state index contributed by atoms with van der Waals surface area (Å²) in [6.45, 7) is 0.722. The van der Waals surface area contributed by atoms with E-state index >= 15 is 0 Å². The Morgan fingerprint density at radius 1 is 1.25 bits per heavy atom. The Kier molecular flexibility index (Phi) is 2.70. The molecule has 2 saturated carbocycles. The number of nitrogens with zero attached hydrogens (tertiary/aromatic N) is 1. The van der Waals surface area contributed by atoms with Crippen LogP contribution in [0.1, 0.15) is 31.4 Å². The highest BCUT2D eigenvalue weighted by Crippen LogP contribution is 2.48. The lowest BCUT2D eigenvalue weighted by Gasteiger charge is -2.21. The molecular weight excluding hydrogens is 250 g/mol. The van der Waals surface area contributed by atoms with Crippen LogP contribution in [0, 0.1) is 29.1 Å². The second kappa shape index (κ2) is 4.56. The molecule has 1 heterocycles.